The zero-order chi connectivity index (χ0) is 13.0. The average molecular weight is 438 g/mol. The van der Waals surface area contributed by atoms with Crippen molar-refractivity contribution in [2.45, 2.75) is 8.87 Å². The van der Waals surface area contributed by atoms with Crippen LogP contribution in [0.2, 0.25) is 0 Å². The van der Waals surface area contributed by atoms with E-state index in [0.717, 1.165) is 6.54 Å². The molecule has 18 heavy (non-hydrogen) atoms. The molecule has 0 amide bonds. The second-order valence-electron chi connectivity index (χ2n) is 3.58. The highest BCUT2D eigenvalue weighted by atomic mass is 80.0. The van der Waals surface area contributed by atoms with Crippen molar-refractivity contribution in [3.63, 3.8) is 0 Å². The van der Waals surface area contributed by atoms with E-state index >= 15 is 0 Å². The summed E-state index contributed by atoms with van der Waals surface area (Å²) < 4.78 is 6.85. The van der Waals surface area contributed by atoms with Crippen molar-refractivity contribution in [1.29, 1.82) is 0 Å². The van der Waals surface area contributed by atoms with E-state index in [1.54, 1.807) is 12.4 Å². The van der Waals surface area contributed by atoms with Crippen LogP contribution in [0.1, 0.15) is 5.56 Å². The predicted molar refractivity (Wildman–Crippen MR) is 80.1 cm³/mol. The first-order valence-corrected chi connectivity index (χ1v) is 7.55. The van der Waals surface area contributed by atoms with Crippen molar-refractivity contribution in [3.05, 3.63) is 54.5 Å². The van der Waals surface area contributed by atoms with Crippen LogP contribution < -0.4 is 9.30 Å². The third-order valence-electron chi connectivity index (χ3n) is 2.22. The van der Waals surface area contributed by atoms with E-state index in [-0.39, 0.29) is 0 Å². The van der Waals surface area contributed by atoms with Gasteiger partial charge in [0.05, 0.1) is 6.20 Å². The lowest BCUT2D eigenvalue weighted by molar-refractivity contribution is -0.694. The fraction of sp³-hybridized carbons (Fsp3) is 0.167. The van der Waals surface area contributed by atoms with Gasteiger partial charge in [0.2, 0.25) is 0 Å². The molecular formula is C12H10Br3N2O+. The van der Waals surface area contributed by atoms with E-state index in [9.17, 15) is 0 Å². The lowest BCUT2D eigenvalue weighted by Crippen LogP contribution is -2.37. The van der Waals surface area contributed by atoms with Gasteiger partial charge in [-0.1, -0.05) is 30.3 Å². The summed E-state index contributed by atoms with van der Waals surface area (Å²) >= 11 is 9.91. The van der Waals surface area contributed by atoms with E-state index in [2.05, 4.69) is 64.9 Å². The highest BCUT2D eigenvalue weighted by Gasteiger charge is 2.25. The molecule has 6 heteroatoms. The van der Waals surface area contributed by atoms with Crippen LogP contribution >= 0.6 is 47.8 Å². The monoisotopic (exact) mass is 435 g/mol. The number of nitrogens with zero attached hydrogens (tertiary/aromatic N) is 2. The Morgan fingerprint density at radius 2 is 1.89 bits per heavy atom. The van der Waals surface area contributed by atoms with Gasteiger partial charge in [0.15, 0.2) is 12.7 Å². The third-order valence-corrected chi connectivity index (χ3v) is 2.70. The SMILES string of the molecule is BrC(Br)(Br)Oc1cncc[n+]1Cc1ccccc1. The maximum Gasteiger partial charge on any atom is 0.389 e. The Balaban J connectivity index is 2.23. The molecule has 3 nitrogen and oxygen atoms in total. The third kappa shape index (κ3) is 4.33. The Labute approximate surface area is 131 Å². The van der Waals surface area contributed by atoms with Gasteiger partial charge >= 0.3 is 5.88 Å². The Morgan fingerprint density at radius 1 is 1.17 bits per heavy atom. The van der Waals surface area contributed by atoms with E-state index < -0.39 is 2.33 Å². The molecule has 0 fully saturated rings. The fourth-order valence-corrected chi connectivity index (χ4v) is 1.99. The van der Waals surface area contributed by atoms with E-state index in [1.165, 1.54) is 5.56 Å². The Morgan fingerprint density at radius 3 is 2.56 bits per heavy atom. The maximum absolute atomic E-state index is 5.66. The molecule has 0 atom stereocenters. The van der Waals surface area contributed by atoms with Gasteiger partial charge in [-0.3, -0.25) is 0 Å². The molecule has 94 valence electrons. The fourth-order valence-electron chi connectivity index (χ4n) is 1.49. The number of alkyl halides is 3. The van der Waals surface area contributed by atoms with Crippen molar-refractivity contribution in [2.75, 3.05) is 0 Å². The lowest BCUT2D eigenvalue weighted by Gasteiger charge is -2.12. The first-order chi connectivity index (χ1) is 8.54. The number of aromatic nitrogens is 2. The molecule has 2 rings (SSSR count). The van der Waals surface area contributed by atoms with Crippen molar-refractivity contribution in [3.8, 4) is 5.88 Å². The molecule has 0 aliphatic heterocycles. The van der Waals surface area contributed by atoms with Crippen molar-refractivity contribution < 1.29 is 9.30 Å². The van der Waals surface area contributed by atoms with Gasteiger partial charge in [-0.15, -0.1) is 0 Å². The number of benzene rings is 1. The molecule has 0 saturated heterocycles. The molecule has 2 aromatic rings. The van der Waals surface area contributed by atoms with Crippen LogP contribution in [0.5, 0.6) is 5.88 Å². The number of hydrogen-bond donors (Lipinski definition) is 0. The molecule has 0 aliphatic rings. The number of halogens is 3. The maximum atomic E-state index is 5.66. The number of rotatable bonds is 3. The summed E-state index contributed by atoms with van der Waals surface area (Å²) in [6, 6.07) is 10.2. The average Bonchev–Trinajstić information content (AvgIpc) is 2.31. The van der Waals surface area contributed by atoms with E-state index in [4.69, 9.17) is 4.74 Å². The predicted octanol–water partition coefficient (Wildman–Crippen LogP) is 3.59. The van der Waals surface area contributed by atoms with Crippen LogP contribution in [0.4, 0.5) is 0 Å². The van der Waals surface area contributed by atoms with Gasteiger partial charge in [0.1, 0.15) is 6.20 Å². The zero-order valence-electron chi connectivity index (χ0n) is 9.26. The normalized spacial score (nSPS) is 11.3. The summed E-state index contributed by atoms with van der Waals surface area (Å²) in [6.45, 7) is 0.724. The minimum atomic E-state index is -0.783. The number of hydrogen-bond acceptors (Lipinski definition) is 2. The molecule has 1 aromatic carbocycles. The summed E-state index contributed by atoms with van der Waals surface area (Å²) in [6.07, 6.45) is 5.27. The van der Waals surface area contributed by atoms with Gasteiger partial charge in [0.25, 0.3) is 2.33 Å². The van der Waals surface area contributed by atoms with Crippen LogP contribution in [0, 0.1) is 0 Å². The molecule has 0 bridgehead atoms. The molecule has 1 heterocycles. The van der Waals surface area contributed by atoms with Crippen LogP contribution in [0.25, 0.3) is 0 Å². The minimum absolute atomic E-state index is 0.645. The Bertz CT molecular complexity index is 514. The molecule has 0 spiro atoms. The van der Waals surface area contributed by atoms with E-state index in [1.807, 2.05) is 29.0 Å². The quantitative estimate of drug-likeness (QED) is 0.541. The molecule has 0 radical (unpaired) electrons. The largest absolute Gasteiger partial charge is 0.404 e. The smallest absolute Gasteiger partial charge is 0.389 e. The molecule has 0 aliphatic carbocycles. The standard InChI is InChI=1S/C12H10Br3N2O/c13-12(14,15)18-11-8-16-6-7-17(11)9-10-4-2-1-3-5-10/h1-8H,9H2/q+1. The summed E-state index contributed by atoms with van der Waals surface area (Å²) in [5.41, 5.74) is 1.20. The summed E-state index contributed by atoms with van der Waals surface area (Å²) in [7, 11) is 0. The van der Waals surface area contributed by atoms with Gasteiger partial charge in [-0.2, -0.15) is 4.57 Å². The molecule has 0 saturated carbocycles. The van der Waals surface area contributed by atoms with Crippen LogP contribution in [-0.4, -0.2) is 7.31 Å². The summed E-state index contributed by atoms with van der Waals surface area (Å²) in [5.74, 6) is 0.645. The molecule has 0 unspecified atom stereocenters. The lowest BCUT2D eigenvalue weighted by atomic mass is 10.2. The highest BCUT2D eigenvalue weighted by Crippen LogP contribution is 2.34. The minimum Gasteiger partial charge on any atom is -0.404 e. The van der Waals surface area contributed by atoms with Gasteiger partial charge in [0, 0.05) is 5.56 Å². The zero-order valence-corrected chi connectivity index (χ0v) is 14.0. The Hall–Kier alpha value is -0.460. The first kappa shape index (κ1) is 14.0. The molecular weight excluding hydrogens is 428 g/mol. The second-order valence-corrected chi connectivity index (χ2v) is 10.1. The van der Waals surface area contributed by atoms with Crippen LogP contribution in [0.3, 0.4) is 0 Å². The van der Waals surface area contributed by atoms with Crippen molar-refractivity contribution >= 4 is 47.8 Å². The van der Waals surface area contributed by atoms with Crippen LogP contribution in [-0.2, 0) is 6.54 Å². The molecule has 1 aromatic heterocycles. The number of ether oxygens (including phenoxy) is 1. The van der Waals surface area contributed by atoms with E-state index in [0.29, 0.717) is 5.88 Å². The van der Waals surface area contributed by atoms with Crippen LogP contribution in [0.15, 0.2) is 48.9 Å². The molecule has 0 N–H and O–H groups in total. The summed E-state index contributed by atoms with van der Waals surface area (Å²) in [5, 5.41) is 0. The Kier molecular flexibility index (Phi) is 4.75. The van der Waals surface area contributed by atoms with Crippen molar-refractivity contribution in [1.82, 2.24) is 4.98 Å². The summed E-state index contributed by atoms with van der Waals surface area (Å²) in [4.78, 5) is 4.06. The van der Waals surface area contributed by atoms with Crippen molar-refractivity contribution in [2.24, 2.45) is 0 Å². The van der Waals surface area contributed by atoms with Gasteiger partial charge in [-0.05, 0) is 47.8 Å². The first-order valence-electron chi connectivity index (χ1n) is 5.18. The van der Waals surface area contributed by atoms with Gasteiger partial charge in [-0.25, -0.2) is 4.98 Å². The highest BCUT2D eigenvalue weighted by molar-refractivity contribution is 9.39. The van der Waals surface area contributed by atoms with Gasteiger partial charge < -0.3 is 4.74 Å². The topological polar surface area (TPSA) is 26.0 Å². The second kappa shape index (κ2) is 6.12.